The van der Waals surface area contributed by atoms with Crippen molar-refractivity contribution in [2.24, 2.45) is 0 Å². The Morgan fingerprint density at radius 3 is 1.83 bits per heavy atom. The molecule has 4 rings (SSSR count). The maximum atomic E-state index is 11.6. The fraction of sp³-hybridized carbons (Fsp3) is 0.529. The zero-order valence-electron chi connectivity index (χ0n) is 18.7. The second-order valence-corrected chi connectivity index (χ2v) is 11.3. The molecule has 0 bridgehead atoms. The number of hydrogen-bond donors (Lipinski definition) is 3. The quantitative estimate of drug-likeness (QED) is 0.407. The normalized spacial score (nSPS) is 28.6. The Balaban J connectivity index is 0.000000196. The zero-order valence-corrected chi connectivity index (χ0v) is 20.5. The standard InChI is InChI=1S/C9H14N3O5P.C8H12N3O5P/c1-15-18(14)6-16-7(5-17-18)4-12-3-2-8(10)11-9(12)13;9-7-1-2-11(8(12)10-7)3-6-4-16-17(13,14)5-15-6/h2-3,7H,4-6H2,1H3,(H2,10,11,13);1-2,6H,3-5H2,(H,13,14)(H2,9,10,12)/t7-,18?;6-/m00/s1. The van der Waals surface area contributed by atoms with Crippen molar-refractivity contribution < 1.29 is 37.1 Å². The molecule has 2 aliphatic rings. The van der Waals surface area contributed by atoms with Gasteiger partial charge in [0.2, 0.25) is 0 Å². The minimum atomic E-state index is -3.59. The minimum Gasteiger partial charge on any atom is -0.383 e. The van der Waals surface area contributed by atoms with E-state index in [1.165, 1.54) is 40.8 Å². The first-order chi connectivity index (χ1) is 16.5. The predicted octanol–water partition coefficient (Wildman–Crippen LogP) is -0.578. The van der Waals surface area contributed by atoms with Gasteiger partial charge in [-0.15, -0.1) is 0 Å². The molecule has 5 N–H and O–H groups in total. The zero-order chi connectivity index (χ0) is 25.6. The lowest BCUT2D eigenvalue weighted by molar-refractivity contribution is -0.0115. The van der Waals surface area contributed by atoms with Gasteiger partial charge in [-0.25, -0.2) is 9.59 Å². The molecule has 2 aromatic heterocycles. The van der Waals surface area contributed by atoms with Crippen LogP contribution in [-0.2, 0) is 45.3 Å². The van der Waals surface area contributed by atoms with Gasteiger partial charge in [-0.1, -0.05) is 0 Å². The van der Waals surface area contributed by atoms with Crippen LogP contribution in [0, 0.1) is 0 Å². The van der Waals surface area contributed by atoms with Crippen LogP contribution in [0.3, 0.4) is 0 Å². The van der Waals surface area contributed by atoms with E-state index in [2.05, 4.69) is 9.97 Å². The van der Waals surface area contributed by atoms with Gasteiger partial charge in [0.25, 0.3) is 0 Å². The van der Waals surface area contributed by atoms with E-state index in [9.17, 15) is 18.7 Å². The highest BCUT2D eigenvalue weighted by Crippen LogP contribution is 2.50. The number of aromatic nitrogens is 4. The van der Waals surface area contributed by atoms with E-state index >= 15 is 0 Å². The molecule has 4 heterocycles. The van der Waals surface area contributed by atoms with Crippen LogP contribution in [0.2, 0.25) is 0 Å². The maximum Gasteiger partial charge on any atom is 0.355 e. The van der Waals surface area contributed by atoms with Gasteiger partial charge < -0.3 is 39.4 Å². The van der Waals surface area contributed by atoms with E-state index in [-0.39, 0.29) is 56.7 Å². The SMILES string of the molecule is COP1(=O)CO[C@@H](Cn2ccc(N)nc2=O)CO1.Nc1ccn(C[C@H]2COP(=O)(O)CO2)c(=O)n1. The Hall–Kier alpha value is -2.42. The number of anilines is 2. The molecule has 18 heteroatoms. The van der Waals surface area contributed by atoms with Crippen molar-refractivity contribution in [3.05, 3.63) is 45.5 Å². The summed E-state index contributed by atoms with van der Waals surface area (Å²) in [6.07, 6.45) is 1.71. The fourth-order valence-electron chi connectivity index (χ4n) is 2.88. The maximum absolute atomic E-state index is 11.6. The third kappa shape index (κ3) is 8.05. The van der Waals surface area contributed by atoms with E-state index in [1.807, 2.05) is 0 Å². The fourth-order valence-corrected chi connectivity index (χ4v) is 4.83. The van der Waals surface area contributed by atoms with Crippen LogP contribution in [-0.4, -0.2) is 69.2 Å². The van der Waals surface area contributed by atoms with E-state index in [4.69, 9.17) is 39.4 Å². The van der Waals surface area contributed by atoms with Gasteiger partial charge in [-0.2, -0.15) is 9.97 Å². The minimum absolute atomic E-state index is 0.0371. The Bertz CT molecular complexity index is 1210. The van der Waals surface area contributed by atoms with E-state index in [1.54, 1.807) is 0 Å². The molecule has 4 atom stereocenters. The number of nitrogen functional groups attached to an aromatic ring is 2. The third-order valence-electron chi connectivity index (χ3n) is 4.73. The van der Waals surface area contributed by atoms with Gasteiger partial charge in [-0.05, 0) is 12.1 Å². The Morgan fingerprint density at radius 2 is 1.46 bits per heavy atom. The van der Waals surface area contributed by atoms with Crippen molar-refractivity contribution in [3.8, 4) is 0 Å². The van der Waals surface area contributed by atoms with Crippen molar-refractivity contribution in [2.75, 3.05) is 44.5 Å². The second kappa shape index (κ2) is 11.5. The Kier molecular flexibility index (Phi) is 8.96. The summed E-state index contributed by atoms with van der Waals surface area (Å²) < 4.78 is 50.4. The molecule has 194 valence electrons. The lowest BCUT2D eigenvalue weighted by Crippen LogP contribution is -2.35. The van der Waals surface area contributed by atoms with Gasteiger partial charge >= 0.3 is 26.6 Å². The molecule has 0 amide bonds. The summed E-state index contributed by atoms with van der Waals surface area (Å²) in [7, 11) is -5.39. The first-order valence-corrected chi connectivity index (χ1v) is 13.6. The monoisotopic (exact) mass is 536 g/mol. The highest BCUT2D eigenvalue weighted by atomic mass is 31.2. The highest BCUT2D eigenvalue weighted by Gasteiger charge is 2.32. The summed E-state index contributed by atoms with van der Waals surface area (Å²) in [6.45, 7) is 0.522. The third-order valence-corrected chi connectivity index (χ3v) is 7.32. The number of nitrogens with zero attached hydrogens (tertiary/aromatic N) is 4. The summed E-state index contributed by atoms with van der Waals surface area (Å²) in [6, 6.07) is 3.01. The van der Waals surface area contributed by atoms with Crippen molar-refractivity contribution in [1.82, 2.24) is 19.1 Å². The largest absolute Gasteiger partial charge is 0.383 e. The number of ether oxygens (including phenoxy) is 2. The van der Waals surface area contributed by atoms with Crippen molar-refractivity contribution in [3.63, 3.8) is 0 Å². The highest BCUT2D eigenvalue weighted by molar-refractivity contribution is 7.53. The van der Waals surface area contributed by atoms with Crippen LogP contribution in [0.25, 0.3) is 0 Å². The van der Waals surface area contributed by atoms with Crippen LogP contribution in [0.1, 0.15) is 0 Å². The number of rotatable bonds is 5. The van der Waals surface area contributed by atoms with Crippen LogP contribution in [0.15, 0.2) is 34.1 Å². The van der Waals surface area contributed by atoms with Gasteiger partial charge in [0.1, 0.15) is 36.5 Å². The summed E-state index contributed by atoms with van der Waals surface area (Å²) >= 11 is 0. The topological polar surface area (TPSA) is 222 Å². The smallest absolute Gasteiger partial charge is 0.355 e. The molecule has 0 aliphatic carbocycles. The van der Waals surface area contributed by atoms with Crippen LogP contribution < -0.4 is 22.8 Å². The average molecular weight is 536 g/mol. The van der Waals surface area contributed by atoms with Gasteiger partial charge in [0.05, 0.1) is 26.3 Å². The predicted molar refractivity (Wildman–Crippen MR) is 122 cm³/mol. The Labute approximate surface area is 198 Å². The molecule has 2 aliphatic heterocycles. The lowest BCUT2D eigenvalue weighted by Gasteiger charge is -2.28. The number of hydrogen-bond acceptors (Lipinski definition) is 13. The van der Waals surface area contributed by atoms with E-state index < -0.39 is 32.7 Å². The molecule has 0 aromatic carbocycles. The van der Waals surface area contributed by atoms with Gasteiger partial charge in [0, 0.05) is 19.5 Å². The number of nitrogens with two attached hydrogens (primary N) is 2. The summed E-state index contributed by atoms with van der Waals surface area (Å²) in [4.78, 5) is 39.1. The van der Waals surface area contributed by atoms with Crippen LogP contribution in [0.5, 0.6) is 0 Å². The molecular weight excluding hydrogens is 510 g/mol. The Morgan fingerprint density at radius 1 is 0.971 bits per heavy atom. The first kappa shape index (κ1) is 27.2. The molecule has 0 saturated carbocycles. The van der Waals surface area contributed by atoms with Gasteiger partial charge in [-0.3, -0.25) is 18.3 Å². The van der Waals surface area contributed by atoms with Crippen molar-refractivity contribution in [2.45, 2.75) is 25.3 Å². The molecule has 2 unspecified atom stereocenters. The molecule has 2 saturated heterocycles. The van der Waals surface area contributed by atoms with Crippen molar-refractivity contribution >= 4 is 26.8 Å². The molecule has 2 aromatic rings. The summed E-state index contributed by atoms with van der Waals surface area (Å²) in [5, 5.41) is 0. The van der Waals surface area contributed by atoms with Crippen molar-refractivity contribution in [1.29, 1.82) is 0 Å². The molecular formula is C17H26N6O10P2. The molecule has 35 heavy (non-hydrogen) atoms. The van der Waals surface area contributed by atoms with Crippen LogP contribution in [0.4, 0.5) is 11.6 Å². The lowest BCUT2D eigenvalue weighted by atomic mass is 10.3. The van der Waals surface area contributed by atoms with Crippen LogP contribution >= 0.6 is 15.2 Å². The van der Waals surface area contributed by atoms with E-state index in [0.29, 0.717) is 0 Å². The molecule has 16 nitrogen and oxygen atoms in total. The summed E-state index contributed by atoms with van der Waals surface area (Å²) in [5.74, 6) is 0.313. The average Bonchev–Trinajstić information content (AvgIpc) is 2.81. The summed E-state index contributed by atoms with van der Waals surface area (Å²) in [5.41, 5.74) is 9.77. The molecule has 0 spiro atoms. The molecule has 2 fully saturated rings. The van der Waals surface area contributed by atoms with Gasteiger partial charge in [0.15, 0.2) is 0 Å². The second-order valence-electron chi connectivity index (χ2n) is 7.43. The molecule has 0 radical (unpaired) electrons. The first-order valence-electron chi connectivity index (χ1n) is 10.1. The van der Waals surface area contributed by atoms with E-state index in [0.717, 1.165) is 0 Å².